The largest absolute Gasteiger partial charge is 0.450 e. The molecular weight excluding hydrogens is 344 g/mol. The number of hydrogen-bond acceptors (Lipinski definition) is 4. The topological polar surface area (TPSA) is 85.3 Å². The van der Waals surface area contributed by atoms with Crippen molar-refractivity contribution in [1.82, 2.24) is 20.4 Å². The average Bonchev–Trinajstić information content (AvgIpc) is 2.97. The lowest BCUT2D eigenvalue weighted by atomic mass is 10.0. The lowest BCUT2D eigenvalue weighted by Gasteiger charge is -2.23. The lowest BCUT2D eigenvalue weighted by Crippen LogP contribution is -2.44. The number of nitrogens with zero attached hydrogens (tertiary/aromatic N) is 2. The van der Waals surface area contributed by atoms with E-state index in [0.29, 0.717) is 24.8 Å². The highest BCUT2D eigenvalue weighted by molar-refractivity contribution is 5.92. The normalized spacial score (nSPS) is 13.0. The predicted octanol–water partition coefficient (Wildman–Crippen LogP) is 3.65. The van der Waals surface area contributed by atoms with Crippen LogP contribution in [0, 0.1) is 5.92 Å². The molecule has 0 aliphatic carbocycles. The molecule has 2 N–H and O–H groups in total. The Morgan fingerprint density at radius 1 is 1.22 bits per heavy atom. The van der Waals surface area contributed by atoms with Crippen molar-refractivity contribution in [2.75, 3.05) is 13.2 Å². The van der Waals surface area contributed by atoms with Crippen LogP contribution in [0.3, 0.4) is 0 Å². The average molecular weight is 381 g/mol. The Hall–Kier alpha value is -2.05. The number of nitrogens with one attached hydrogen (secondary N) is 2. The van der Waals surface area contributed by atoms with Gasteiger partial charge in [-0.25, -0.2) is 4.79 Å². The minimum absolute atomic E-state index is 0.192. The van der Waals surface area contributed by atoms with Gasteiger partial charge in [-0.3, -0.25) is 9.48 Å². The van der Waals surface area contributed by atoms with Gasteiger partial charge in [-0.2, -0.15) is 5.10 Å². The van der Waals surface area contributed by atoms with Crippen molar-refractivity contribution in [3.63, 3.8) is 0 Å². The summed E-state index contributed by atoms with van der Waals surface area (Å²) in [5, 5.41) is 10.2. The maximum Gasteiger partial charge on any atom is 0.407 e. The van der Waals surface area contributed by atoms with Crippen molar-refractivity contribution in [3.8, 4) is 0 Å². The first-order valence-electron chi connectivity index (χ1n) is 9.77. The minimum atomic E-state index is -0.462. The van der Waals surface area contributed by atoms with E-state index in [1.165, 1.54) is 0 Å². The van der Waals surface area contributed by atoms with Crippen LogP contribution >= 0.6 is 0 Å². The van der Waals surface area contributed by atoms with E-state index in [4.69, 9.17) is 4.74 Å². The van der Waals surface area contributed by atoms with Crippen LogP contribution in [0.15, 0.2) is 6.07 Å². The van der Waals surface area contributed by atoms with E-state index in [1.807, 2.05) is 10.7 Å². The fourth-order valence-electron chi connectivity index (χ4n) is 2.86. The van der Waals surface area contributed by atoms with Gasteiger partial charge >= 0.3 is 6.09 Å². The predicted molar refractivity (Wildman–Crippen MR) is 107 cm³/mol. The van der Waals surface area contributed by atoms with Crippen molar-refractivity contribution in [2.24, 2.45) is 5.92 Å². The summed E-state index contributed by atoms with van der Waals surface area (Å²) in [4.78, 5) is 24.4. The molecule has 0 aromatic carbocycles. The Morgan fingerprint density at radius 2 is 1.85 bits per heavy atom. The molecule has 154 valence electrons. The van der Waals surface area contributed by atoms with Gasteiger partial charge in [0.25, 0.3) is 5.91 Å². The zero-order valence-electron chi connectivity index (χ0n) is 18.0. The summed E-state index contributed by atoms with van der Waals surface area (Å²) >= 11 is 0. The molecule has 0 radical (unpaired) electrons. The number of carbonyl (C=O) groups excluding carboxylic acids is 2. The molecule has 1 aromatic heterocycles. The number of amides is 2. The molecule has 0 fully saturated rings. The van der Waals surface area contributed by atoms with Gasteiger partial charge in [0.2, 0.25) is 0 Å². The van der Waals surface area contributed by atoms with Gasteiger partial charge in [0, 0.05) is 18.3 Å². The maximum atomic E-state index is 12.6. The molecule has 1 atom stereocenters. The summed E-state index contributed by atoms with van der Waals surface area (Å²) in [6, 6.07) is 1.66. The van der Waals surface area contributed by atoms with Crippen molar-refractivity contribution < 1.29 is 14.3 Å². The molecule has 7 nitrogen and oxygen atoms in total. The van der Waals surface area contributed by atoms with E-state index in [9.17, 15) is 9.59 Å². The Morgan fingerprint density at radius 3 is 2.30 bits per heavy atom. The third-order valence-corrected chi connectivity index (χ3v) is 4.06. The molecular formula is C20H36N4O3. The SMILES string of the molecule is CCOC(=O)N[C@@H](CNC(=O)c1cc(C(C)C)n(C(C)(C)C)n1)CC(C)C. The van der Waals surface area contributed by atoms with Crippen LogP contribution in [0.4, 0.5) is 4.79 Å². The smallest absolute Gasteiger partial charge is 0.407 e. The van der Waals surface area contributed by atoms with Crippen molar-refractivity contribution >= 4 is 12.0 Å². The third-order valence-electron chi connectivity index (χ3n) is 4.06. The highest BCUT2D eigenvalue weighted by Gasteiger charge is 2.24. The van der Waals surface area contributed by atoms with E-state index in [2.05, 4.69) is 64.2 Å². The van der Waals surface area contributed by atoms with Gasteiger partial charge in [0.05, 0.1) is 12.1 Å². The first-order valence-corrected chi connectivity index (χ1v) is 9.77. The standard InChI is InChI=1S/C20H36N4O3/c1-9-27-19(26)22-15(10-13(2)3)12-21-18(25)16-11-17(14(4)5)24(23-16)20(6,7)8/h11,13-15H,9-10,12H2,1-8H3,(H,21,25)(H,22,26)/t15-/m1/s1. The molecule has 1 rings (SSSR count). The Balaban J connectivity index is 2.85. The Bertz CT molecular complexity index is 630. The van der Waals surface area contributed by atoms with Crippen molar-refractivity contribution in [3.05, 3.63) is 17.5 Å². The van der Waals surface area contributed by atoms with Gasteiger partial charge in [-0.05, 0) is 52.0 Å². The summed E-state index contributed by atoms with van der Waals surface area (Å²) < 4.78 is 6.86. The van der Waals surface area contributed by atoms with E-state index in [0.717, 1.165) is 12.1 Å². The number of aromatic nitrogens is 2. The summed E-state index contributed by atoms with van der Waals surface area (Å²) in [5.74, 6) is 0.401. The summed E-state index contributed by atoms with van der Waals surface area (Å²) in [6.07, 6.45) is 0.281. The Kier molecular flexibility index (Phi) is 8.31. The van der Waals surface area contributed by atoms with Crippen LogP contribution in [0.5, 0.6) is 0 Å². The first-order chi connectivity index (χ1) is 12.5. The third kappa shape index (κ3) is 7.23. The molecule has 0 bridgehead atoms. The molecule has 27 heavy (non-hydrogen) atoms. The van der Waals surface area contributed by atoms with Gasteiger partial charge < -0.3 is 15.4 Å². The second-order valence-electron chi connectivity index (χ2n) is 8.59. The number of rotatable bonds is 8. The minimum Gasteiger partial charge on any atom is -0.450 e. The molecule has 7 heteroatoms. The number of hydrogen-bond donors (Lipinski definition) is 2. The van der Waals surface area contributed by atoms with Gasteiger partial charge in [0.15, 0.2) is 0 Å². The van der Waals surface area contributed by atoms with Crippen LogP contribution in [0.25, 0.3) is 0 Å². The van der Waals surface area contributed by atoms with Crippen molar-refractivity contribution in [1.29, 1.82) is 0 Å². The second-order valence-corrected chi connectivity index (χ2v) is 8.59. The van der Waals surface area contributed by atoms with E-state index in [-0.39, 0.29) is 23.4 Å². The summed E-state index contributed by atoms with van der Waals surface area (Å²) in [6.45, 7) is 16.9. The molecule has 2 amide bonds. The zero-order chi connectivity index (χ0) is 20.8. The molecule has 1 heterocycles. The highest BCUT2D eigenvalue weighted by atomic mass is 16.5. The van der Waals surface area contributed by atoms with E-state index in [1.54, 1.807) is 6.92 Å². The van der Waals surface area contributed by atoms with Crippen LogP contribution in [-0.2, 0) is 10.3 Å². The number of alkyl carbamates (subject to hydrolysis) is 1. The number of ether oxygens (including phenoxy) is 1. The maximum absolute atomic E-state index is 12.6. The fraction of sp³-hybridized carbons (Fsp3) is 0.750. The van der Waals surface area contributed by atoms with Gasteiger partial charge in [-0.15, -0.1) is 0 Å². The van der Waals surface area contributed by atoms with Crippen LogP contribution < -0.4 is 10.6 Å². The molecule has 0 aliphatic rings. The fourth-order valence-corrected chi connectivity index (χ4v) is 2.86. The van der Waals surface area contributed by atoms with Gasteiger partial charge in [0.1, 0.15) is 5.69 Å². The number of carbonyl (C=O) groups is 2. The monoisotopic (exact) mass is 380 g/mol. The summed E-state index contributed by atoms with van der Waals surface area (Å²) in [5.41, 5.74) is 1.22. The second kappa shape index (κ2) is 9.76. The molecule has 0 spiro atoms. The molecule has 0 saturated heterocycles. The van der Waals surface area contributed by atoms with Crippen LogP contribution in [0.2, 0.25) is 0 Å². The molecule has 0 aliphatic heterocycles. The van der Waals surface area contributed by atoms with Crippen LogP contribution in [-0.4, -0.2) is 41.0 Å². The van der Waals surface area contributed by atoms with E-state index < -0.39 is 6.09 Å². The quantitative estimate of drug-likeness (QED) is 0.721. The lowest BCUT2D eigenvalue weighted by molar-refractivity contribution is 0.0938. The zero-order valence-corrected chi connectivity index (χ0v) is 18.0. The first kappa shape index (κ1) is 23.0. The van der Waals surface area contributed by atoms with Gasteiger partial charge in [-0.1, -0.05) is 27.7 Å². The van der Waals surface area contributed by atoms with E-state index >= 15 is 0 Å². The molecule has 0 saturated carbocycles. The summed E-state index contributed by atoms with van der Waals surface area (Å²) in [7, 11) is 0. The van der Waals surface area contributed by atoms with Crippen molar-refractivity contribution in [2.45, 2.75) is 79.3 Å². The Labute approximate surface area is 163 Å². The molecule has 1 aromatic rings. The molecule has 0 unspecified atom stereocenters. The van der Waals surface area contributed by atoms with Crippen LogP contribution in [0.1, 0.15) is 83.9 Å². The highest BCUT2D eigenvalue weighted by Crippen LogP contribution is 2.23.